The van der Waals surface area contributed by atoms with Gasteiger partial charge in [-0.05, 0) is 25.0 Å². The molecular weight excluding hydrogens is 210 g/mol. The maximum absolute atomic E-state index is 5.65. The van der Waals surface area contributed by atoms with E-state index in [0.717, 1.165) is 31.7 Å². The monoisotopic (exact) mass is 229 g/mol. The summed E-state index contributed by atoms with van der Waals surface area (Å²) in [5.74, 6) is 4.27. The lowest BCUT2D eigenvalue weighted by molar-refractivity contribution is 0.263. The Balaban J connectivity index is 1.97. The molecule has 2 unspecified atom stereocenters. The molecule has 0 radical (unpaired) electrons. The minimum atomic E-state index is 0.384. The molecule has 1 aromatic rings. The number of fused-ring (bicyclic) bond motifs is 1. The van der Waals surface area contributed by atoms with Gasteiger partial charge in [-0.2, -0.15) is 0 Å². The largest absolute Gasteiger partial charge is 0.493 e. The number of para-hydroxylation sites is 1. The van der Waals surface area contributed by atoms with E-state index in [-0.39, 0.29) is 0 Å². The smallest absolute Gasteiger partial charge is 0.122 e. The van der Waals surface area contributed by atoms with E-state index < -0.39 is 0 Å². The Kier molecular flexibility index (Phi) is 4.06. The molecule has 0 aliphatic carbocycles. The second-order valence-electron chi connectivity index (χ2n) is 4.59. The van der Waals surface area contributed by atoms with Crippen molar-refractivity contribution < 1.29 is 4.74 Å². The van der Waals surface area contributed by atoms with E-state index >= 15 is 0 Å². The van der Waals surface area contributed by atoms with Gasteiger partial charge in [-0.25, -0.2) is 0 Å². The molecule has 1 N–H and O–H groups in total. The molecule has 0 spiro atoms. The van der Waals surface area contributed by atoms with Crippen molar-refractivity contribution >= 4 is 0 Å². The number of hydrogen-bond donors (Lipinski definition) is 1. The number of hydrogen-bond acceptors (Lipinski definition) is 2. The fourth-order valence-electron chi connectivity index (χ4n) is 2.22. The normalized spacial score (nSPS) is 19.9. The number of terminal acetylenes is 1. The summed E-state index contributed by atoms with van der Waals surface area (Å²) in [5.41, 5.74) is 1.32. The standard InChI is InChI=1S/C15H19NO/c1-3-6-12(2)16-11-13-9-10-17-15-8-5-4-7-14(13)15/h1,4-5,7-8,12-13,16H,6,9-11H2,2H3. The van der Waals surface area contributed by atoms with Crippen LogP contribution in [0.15, 0.2) is 24.3 Å². The summed E-state index contributed by atoms with van der Waals surface area (Å²) in [6.45, 7) is 3.92. The molecule has 0 bridgehead atoms. The molecule has 1 aliphatic rings. The summed E-state index contributed by atoms with van der Waals surface area (Å²) in [5, 5.41) is 3.50. The third-order valence-corrected chi connectivity index (χ3v) is 3.22. The van der Waals surface area contributed by atoms with E-state index in [0.29, 0.717) is 12.0 Å². The zero-order valence-electron chi connectivity index (χ0n) is 10.3. The van der Waals surface area contributed by atoms with E-state index in [9.17, 15) is 0 Å². The molecule has 1 aliphatic heterocycles. The van der Waals surface area contributed by atoms with Crippen LogP contribution in [0.3, 0.4) is 0 Å². The lowest BCUT2D eigenvalue weighted by Crippen LogP contribution is -2.32. The second-order valence-corrected chi connectivity index (χ2v) is 4.59. The van der Waals surface area contributed by atoms with Crippen molar-refractivity contribution in [1.29, 1.82) is 0 Å². The molecular formula is C15H19NO. The van der Waals surface area contributed by atoms with Crippen molar-refractivity contribution in [2.24, 2.45) is 0 Å². The molecule has 1 heterocycles. The number of rotatable bonds is 4. The molecule has 1 aromatic carbocycles. The summed E-state index contributed by atoms with van der Waals surface area (Å²) in [6, 6.07) is 8.69. The molecule has 2 atom stereocenters. The van der Waals surface area contributed by atoms with Gasteiger partial charge in [0, 0.05) is 24.9 Å². The van der Waals surface area contributed by atoms with Crippen molar-refractivity contribution in [3.8, 4) is 18.1 Å². The van der Waals surface area contributed by atoms with Gasteiger partial charge in [0.15, 0.2) is 0 Å². The maximum Gasteiger partial charge on any atom is 0.122 e. The summed E-state index contributed by atoms with van der Waals surface area (Å²) < 4.78 is 5.65. The minimum Gasteiger partial charge on any atom is -0.493 e. The van der Waals surface area contributed by atoms with Gasteiger partial charge < -0.3 is 10.1 Å². The quantitative estimate of drug-likeness (QED) is 0.801. The maximum atomic E-state index is 5.65. The highest BCUT2D eigenvalue weighted by molar-refractivity contribution is 5.37. The molecule has 0 saturated carbocycles. The number of ether oxygens (including phenoxy) is 1. The van der Waals surface area contributed by atoms with Gasteiger partial charge in [-0.3, -0.25) is 0 Å². The van der Waals surface area contributed by atoms with Crippen molar-refractivity contribution in [3.05, 3.63) is 29.8 Å². The summed E-state index contributed by atoms with van der Waals surface area (Å²) in [4.78, 5) is 0. The lowest BCUT2D eigenvalue weighted by atomic mass is 9.93. The van der Waals surface area contributed by atoms with Gasteiger partial charge in [0.1, 0.15) is 5.75 Å². The number of nitrogens with one attached hydrogen (secondary N) is 1. The third-order valence-electron chi connectivity index (χ3n) is 3.22. The van der Waals surface area contributed by atoms with Crippen molar-refractivity contribution in [2.45, 2.75) is 31.7 Å². The highest BCUT2D eigenvalue weighted by Crippen LogP contribution is 2.32. The topological polar surface area (TPSA) is 21.3 Å². The van der Waals surface area contributed by atoms with Crippen LogP contribution >= 0.6 is 0 Å². The van der Waals surface area contributed by atoms with Gasteiger partial charge in [0.25, 0.3) is 0 Å². The first-order chi connectivity index (χ1) is 8.31. The summed E-state index contributed by atoms with van der Waals surface area (Å²) in [6.07, 6.45) is 7.16. The van der Waals surface area contributed by atoms with Gasteiger partial charge >= 0.3 is 0 Å². The second kappa shape index (κ2) is 5.75. The highest BCUT2D eigenvalue weighted by Gasteiger charge is 2.20. The van der Waals surface area contributed by atoms with Crippen molar-refractivity contribution in [2.75, 3.05) is 13.2 Å². The molecule has 2 nitrogen and oxygen atoms in total. The zero-order chi connectivity index (χ0) is 12.1. The van der Waals surface area contributed by atoms with Crippen LogP contribution in [-0.4, -0.2) is 19.2 Å². The average molecular weight is 229 g/mol. The van der Waals surface area contributed by atoms with Gasteiger partial charge in [0.05, 0.1) is 6.61 Å². The first kappa shape index (κ1) is 12.0. The van der Waals surface area contributed by atoms with Gasteiger partial charge in [0.2, 0.25) is 0 Å². The van der Waals surface area contributed by atoms with Crippen LogP contribution in [0.25, 0.3) is 0 Å². The van der Waals surface area contributed by atoms with Crippen LogP contribution in [0, 0.1) is 12.3 Å². The SMILES string of the molecule is C#CCC(C)NCC1CCOc2ccccc21. The van der Waals surface area contributed by atoms with Crippen LogP contribution in [-0.2, 0) is 0 Å². The predicted molar refractivity (Wildman–Crippen MR) is 70.2 cm³/mol. The fourth-order valence-corrected chi connectivity index (χ4v) is 2.22. The highest BCUT2D eigenvalue weighted by atomic mass is 16.5. The zero-order valence-corrected chi connectivity index (χ0v) is 10.3. The van der Waals surface area contributed by atoms with Crippen LogP contribution in [0.2, 0.25) is 0 Å². The van der Waals surface area contributed by atoms with Crippen LogP contribution in [0.4, 0.5) is 0 Å². The number of benzene rings is 1. The van der Waals surface area contributed by atoms with Crippen LogP contribution < -0.4 is 10.1 Å². The summed E-state index contributed by atoms with van der Waals surface area (Å²) in [7, 11) is 0. The van der Waals surface area contributed by atoms with E-state index in [1.165, 1.54) is 5.56 Å². The summed E-state index contributed by atoms with van der Waals surface area (Å²) >= 11 is 0. The molecule has 17 heavy (non-hydrogen) atoms. The van der Waals surface area contributed by atoms with E-state index in [2.05, 4.69) is 30.3 Å². The molecule has 0 aromatic heterocycles. The average Bonchev–Trinajstić information content (AvgIpc) is 2.36. The Hall–Kier alpha value is -1.46. The Labute approximate surface area is 103 Å². The fraction of sp³-hybridized carbons (Fsp3) is 0.467. The Morgan fingerprint density at radius 1 is 1.53 bits per heavy atom. The molecule has 0 fully saturated rings. The molecule has 0 amide bonds. The first-order valence-electron chi connectivity index (χ1n) is 6.20. The van der Waals surface area contributed by atoms with Gasteiger partial charge in [-0.1, -0.05) is 18.2 Å². The van der Waals surface area contributed by atoms with E-state index in [1.54, 1.807) is 0 Å². The third kappa shape index (κ3) is 3.01. The Morgan fingerprint density at radius 2 is 2.35 bits per heavy atom. The first-order valence-corrected chi connectivity index (χ1v) is 6.20. The molecule has 90 valence electrons. The minimum absolute atomic E-state index is 0.384. The predicted octanol–water partition coefficient (Wildman–Crippen LogP) is 2.55. The van der Waals surface area contributed by atoms with Crippen molar-refractivity contribution in [3.63, 3.8) is 0 Å². The molecule has 2 heteroatoms. The lowest BCUT2D eigenvalue weighted by Gasteiger charge is -2.27. The van der Waals surface area contributed by atoms with Crippen molar-refractivity contribution in [1.82, 2.24) is 5.32 Å². The Morgan fingerprint density at radius 3 is 3.18 bits per heavy atom. The van der Waals surface area contributed by atoms with Crippen LogP contribution in [0.5, 0.6) is 5.75 Å². The molecule has 0 saturated heterocycles. The van der Waals surface area contributed by atoms with Gasteiger partial charge in [-0.15, -0.1) is 12.3 Å². The molecule has 2 rings (SSSR count). The van der Waals surface area contributed by atoms with E-state index in [4.69, 9.17) is 11.2 Å². The van der Waals surface area contributed by atoms with E-state index in [1.807, 2.05) is 12.1 Å². The Bertz CT molecular complexity index is 408. The van der Waals surface area contributed by atoms with Crippen LogP contribution in [0.1, 0.15) is 31.2 Å².